The summed E-state index contributed by atoms with van der Waals surface area (Å²) in [5.74, 6) is -1.38. The van der Waals surface area contributed by atoms with Crippen LogP contribution in [0.5, 0.6) is 0 Å². The Hall–Kier alpha value is -3.20. The van der Waals surface area contributed by atoms with Gasteiger partial charge in [0.25, 0.3) is 0 Å². The van der Waals surface area contributed by atoms with E-state index in [1.54, 1.807) is 6.92 Å². The molecule has 0 radical (unpaired) electrons. The Balaban J connectivity index is 1.42. The first-order valence-electron chi connectivity index (χ1n) is 9.96. The molecule has 4 aromatic rings. The van der Waals surface area contributed by atoms with Gasteiger partial charge in [-0.15, -0.1) is 10.2 Å². The summed E-state index contributed by atoms with van der Waals surface area (Å²) in [7, 11) is 0. The number of anilines is 1. The third-order valence-corrected chi connectivity index (χ3v) is 6.33. The lowest BCUT2D eigenvalue weighted by Crippen LogP contribution is -2.24. The van der Waals surface area contributed by atoms with E-state index in [1.807, 2.05) is 30.5 Å². The van der Waals surface area contributed by atoms with Crippen molar-refractivity contribution in [2.24, 2.45) is 0 Å². The highest BCUT2D eigenvalue weighted by molar-refractivity contribution is 8.00. The molecule has 2 N–H and O–H groups in total. The zero-order chi connectivity index (χ0) is 21.5. The summed E-state index contributed by atoms with van der Waals surface area (Å²) in [5, 5.41) is 12.1. The molecule has 5 rings (SSSR count). The first-order valence-corrected chi connectivity index (χ1v) is 10.8. The number of aromatic nitrogens is 4. The lowest BCUT2D eigenvalue weighted by atomic mass is 10.1. The van der Waals surface area contributed by atoms with Gasteiger partial charge in [-0.3, -0.25) is 9.36 Å². The monoisotopic (exact) mass is 439 g/mol. The van der Waals surface area contributed by atoms with Crippen LogP contribution in [0.1, 0.15) is 25.8 Å². The van der Waals surface area contributed by atoms with Gasteiger partial charge in [0.1, 0.15) is 17.3 Å². The third kappa shape index (κ3) is 3.69. The number of amides is 1. The summed E-state index contributed by atoms with van der Waals surface area (Å²) < 4.78 is 29.8. The fourth-order valence-corrected chi connectivity index (χ4v) is 4.43. The van der Waals surface area contributed by atoms with Crippen molar-refractivity contribution in [3.63, 3.8) is 0 Å². The number of hydrogen-bond acceptors (Lipinski definition) is 4. The zero-order valence-corrected chi connectivity index (χ0v) is 17.4. The van der Waals surface area contributed by atoms with Crippen molar-refractivity contribution in [3.05, 3.63) is 60.3 Å². The van der Waals surface area contributed by atoms with Gasteiger partial charge in [0.05, 0.1) is 5.25 Å². The van der Waals surface area contributed by atoms with E-state index < -0.39 is 28.5 Å². The van der Waals surface area contributed by atoms with Gasteiger partial charge in [-0.1, -0.05) is 36.0 Å². The van der Waals surface area contributed by atoms with E-state index >= 15 is 0 Å². The second kappa shape index (κ2) is 7.81. The highest BCUT2D eigenvalue weighted by Gasteiger charge is 2.32. The van der Waals surface area contributed by atoms with Gasteiger partial charge in [0, 0.05) is 28.7 Å². The molecule has 9 heteroatoms. The molecule has 0 bridgehead atoms. The number of H-pyrrole nitrogens is 1. The van der Waals surface area contributed by atoms with E-state index in [-0.39, 0.29) is 6.04 Å². The summed E-state index contributed by atoms with van der Waals surface area (Å²) in [6.07, 6.45) is 3.95. The maximum absolute atomic E-state index is 13.9. The molecular weight excluding hydrogens is 420 g/mol. The number of rotatable bonds is 6. The Bertz CT molecular complexity index is 1260. The van der Waals surface area contributed by atoms with Gasteiger partial charge in [-0.25, -0.2) is 8.78 Å². The van der Waals surface area contributed by atoms with E-state index in [1.165, 1.54) is 17.8 Å². The van der Waals surface area contributed by atoms with Gasteiger partial charge in [-0.2, -0.15) is 0 Å². The quantitative estimate of drug-likeness (QED) is 0.407. The Kier molecular flexibility index (Phi) is 4.97. The van der Waals surface area contributed by atoms with Crippen molar-refractivity contribution in [2.45, 2.75) is 36.2 Å². The molecule has 158 valence electrons. The summed E-state index contributed by atoms with van der Waals surface area (Å²) in [5.41, 5.74) is 1.52. The molecule has 0 unspecified atom stereocenters. The van der Waals surface area contributed by atoms with E-state index in [2.05, 4.69) is 25.1 Å². The number of para-hydroxylation sites is 2. The van der Waals surface area contributed by atoms with Crippen molar-refractivity contribution in [1.82, 2.24) is 19.7 Å². The van der Waals surface area contributed by atoms with Crippen LogP contribution in [0.3, 0.4) is 0 Å². The number of hydrogen-bond donors (Lipinski definition) is 2. The van der Waals surface area contributed by atoms with Crippen LogP contribution in [-0.2, 0) is 4.79 Å². The topological polar surface area (TPSA) is 75.6 Å². The van der Waals surface area contributed by atoms with Crippen molar-refractivity contribution in [2.75, 3.05) is 5.32 Å². The number of aromatic amines is 1. The largest absolute Gasteiger partial charge is 0.360 e. The van der Waals surface area contributed by atoms with E-state index in [0.29, 0.717) is 5.16 Å². The molecule has 0 saturated heterocycles. The van der Waals surface area contributed by atoms with Crippen LogP contribution >= 0.6 is 11.8 Å². The standard InChI is InChI=1S/C22H19F2N5OS/c1-12(21(30)26-19-16(23)6-4-7-17(19)24)31-22-28-27-20(29(22)13-9-10-13)15-11-25-18-8-3-2-5-14(15)18/h2-8,11-13,25H,9-10H2,1H3,(H,26,30)/t12-/m0/s1. The second-order valence-corrected chi connectivity index (χ2v) is 8.81. The Morgan fingerprint density at radius 2 is 1.90 bits per heavy atom. The molecule has 6 nitrogen and oxygen atoms in total. The molecule has 2 aromatic heterocycles. The molecular formula is C22H19F2N5OS. The van der Waals surface area contributed by atoms with E-state index in [4.69, 9.17) is 0 Å². The molecule has 0 spiro atoms. The Labute approximate surface area is 181 Å². The lowest BCUT2D eigenvalue weighted by molar-refractivity contribution is -0.115. The van der Waals surface area contributed by atoms with Crippen LogP contribution in [-0.4, -0.2) is 30.9 Å². The van der Waals surface area contributed by atoms with Gasteiger partial charge in [0.2, 0.25) is 5.91 Å². The van der Waals surface area contributed by atoms with Crippen molar-refractivity contribution in [3.8, 4) is 11.4 Å². The third-order valence-electron chi connectivity index (χ3n) is 5.27. The number of benzene rings is 2. The van der Waals surface area contributed by atoms with Gasteiger partial charge in [-0.05, 0) is 38.0 Å². The summed E-state index contributed by atoms with van der Waals surface area (Å²) in [6, 6.07) is 11.7. The van der Waals surface area contributed by atoms with Crippen molar-refractivity contribution in [1.29, 1.82) is 0 Å². The van der Waals surface area contributed by atoms with Crippen LogP contribution in [0.15, 0.2) is 53.8 Å². The molecule has 1 fully saturated rings. The normalized spacial score (nSPS) is 14.7. The van der Waals surface area contributed by atoms with Crippen LogP contribution in [0.25, 0.3) is 22.3 Å². The highest BCUT2D eigenvalue weighted by atomic mass is 32.2. The number of thioether (sulfide) groups is 1. The molecule has 2 heterocycles. The van der Waals surface area contributed by atoms with Crippen LogP contribution < -0.4 is 5.32 Å². The van der Waals surface area contributed by atoms with Gasteiger partial charge >= 0.3 is 0 Å². The molecule has 0 aliphatic heterocycles. The zero-order valence-electron chi connectivity index (χ0n) is 16.6. The molecule has 1 saturated carbocycles. The summed E-state index contributed by atoms with van der Waals surface area (Å²) >= 11 is 1.22. The van der Waals surface area contributed by atoms with Crippen molar-refractivity contribution >= 4 is 34.3 Å². The first-order chi connectivity index (χ1) is 15.0. The molecule has 1 aliphatic carbocycles. The second-order valence-electron chi connectivity index (χ2n) is 7.50. The fourth-order valence-electron chi connectivity index (χ4n) is 3.51. The molecule has 1 amide bonds. The molecule has 2 aromatic carbocycles. The first kappa shape index (κ1) is 19.7. The molecule has 1 atom stereocenters. The van der Waals surface area contributed by atoms with Gasteiger partial charge < -0.3 is 10.3 Å². The maximum Gasteiger partial charge on any atom is 0.237 e. The molecule has 1 aliphatic rings. The van der Waals surface area contributed by atoms with Crippen LogP contribution in [0, 0.1) is 11.6 Å². The SMILES string of the molecule is C[C@H](Sc1nnc(-c2c[nH]c3ccccc23)n1C1CC1)C(=O)Nc1c(F)cccc1F. The minimum atomic E-state index is -0.812. The predicted octanol–water partition coefficient (Wildman–Crippen LogP) is 5.16. The minimum Gasteiger partial charge on any atom is -0.360 e. The Morgan fingerprint density at radius 3 is 2.65 bits per heavy atom. The number of halogens is 2. The number of carbonyl (C=O) groups is 1. The summed E-state index contributed by atoms with van der Waals surface area (Å²) in [6.45, 7) is 1.68. The number of nitrogens with zero attached hydrogens (tertiary/aromatic N) is 3. The highest BCUT2D eigenvalue weighted by Crippen LogP contribution is 2.42. The number of nitrogens with one attached hydrogen (secondary N) is 2. The fraction of sp³-hybridized carbons (Fsp3) is 0.227. The van der Waals surface area contributed by atoms with Crippen LogP contribution in [0.2, 0.25) is 0 Å². The van der Waals surface area contributed by atoms with E-state index in [0.717, 1.165) is 47.3 Å². The smallest absolute Gasteiger partial charge is 0.237 e. The average Bonchev–Trinajstić information content (AvgIpc) is 3.38. The molecule has 31 heavy (non-hydrogen) atoms. The lowest BCUT2D eigenvalue weighted by Gasteiger charge is -2.14. The van der Waals surface area contributed by atoms with Crippen LogP contribution in [0.4, 0.5) is 14.5 Å². The summed E-state index contributed by atoms with van der Waals surface area (Å²) in [4.78, 5) is 15.9. The van der Waals surface area contributed by atoms with E-state index in [9.17, 15) is 13.6 Å². The minimum absolute atomic E-state index is 0.278. The van der Waals surface area contributed by atoms with Crippen molar-refractivity contribution < 1.29 is 13.6 Å². The number of fused-ring (bicyclic) bond motifs is 1. The van der Waals surface area contributed by atoms with Gasteiger partial charge in [0.15, 0.2) is 11.0 Å². The predicted molar refractivity (Wildman–Crippen MR) is 116 cm³/mol. The average molecular weight is 439 g/mol. The number of carbonyl (C=O) groups excluding carboxylic acids is 1. The Morgan fingerprint density at radius 1 is 1.16 bits per heavy atom. The maximum atomic E-state index is 13.9.